The van der Waals surface area contributed by atoms with Crippen LogP contribution >= 0.6 is 11.3 Å². The summed E-state index contributed by atoms with van der Waals surface area (Å²) in [6.45, 7) is 2.24. The minimum atomic E-state index is -0.133. The molecule has 1 aliphatic heterocycles. The smallest absolute Gasteiger partial charge is 0.260 e. The second-order valence-electron chi connectivity index (χ2n) is 6.06. The Bertz CT molecular complexity index is 1200. The summed E-state index contributed by atoms with van der Waals surface area (Å²) >= 11 is 1.53. The monoisotopic (exact) mass is 362 g/mol. The highest BCUT2D eigenvalue weighted by atomic mass is 32.1. The molecule has 3 heterocycles. The minimum absolute atomic E-state index is 0.133. The number of hydrogen-bond acceptors (Lipinski definition) is 5. The van der Waals surface area contributed by atoms with Gasteiger partial charge in [-0.25, -0.2) is 4.98 Å². The lowest BCUT2D eigenvalue weighted by Crippen LogP contribution is -2.09. The fourth-order valence-electron chi connectivity index (χ4n) is 3.25. The number of ether oxygens (including phenoxy) is 2. The van der Waals surface area contributed by atoms with E-state index in [1.807, 2.05) is 55.5 Å². The van der Waals surface area contributed by atoms with Gasteiger partial charge in [-0.1, -0.05) is 30.3 Å². The van der Waals surface area contributed by atoms with Crippen molar-refractivity contribution in [3.05, 3.63) is 63.8 Å². The third-order valence-corrected chi connectivity index (χ3v) is 5.45. The highest BCUT2D eigenvalue weighted by Crippen LogP contribution is 2.38. The van der Waals surface area contributed by atoms with E-state index < -0.39 is 0 Å². The number of fused-ring (bicyclic) bond motifs is 2. The number of H-pyrrole nitrogens is 1. The van der Waals surface area contributed by atoms with Gasteiger partial charge in [0.15, 0.2) is 11.5 Å². The highest BCUT2D eigenvalue weighted by Gasteiger charge is 2.19. The van der Waals surface area contributed by atoms with Crippen LogP contribution in [0.3, 0.4) is 0 Å². The fourth-order valence-corrected chi connectivity index (χ4v) is 4.30. The zero-order chi connectivity index (χ0) is 17.7. The molecule has 4 aromatic rings. The highest BCUT2D eigenvalue weighted by molar-refractivity contribution is 7.19. The molecule has 26 heavy (non-hydrogen) atoms. The van der Waals surface area contributed by atoms with Crippen LogP contribution in [-0.2, 0) is 0 Å². The molecule has 6 heteroatoms. The predicted molar refractivity (Wildman–Crippen MR) is 102 cm³/mol. The quantitative estimate of drug-likeness (QED) is 0.576. The molecule has 2 aromatic heterocycles. The topological polar surface area (TPSA) is 64.2 Å². The number of aryl methyl sites for hydroxylation is 1. The van der Waals surface area contributed by atoms with E-state index >= 15 is 0 Å². The Balaban J connectivity index is 1.71. The van der Waals surface area contributed by atoms with E-state index in [1.165, 1.54) is 11.3 Å². The summed E-state index contributed by atoms with van der Waals surface area (Å²) < 4.78 is 10.8. The molecule has 128 valence electrons. The first-order valence-electron chi connectivity index (χ1n) is 8.19. The van der Waals surface area contributed by atoms with Crippen molar-refractivity contribution >= 4 is 21.6 Å². The molecule has 0 unspecified atom stereocenters. The van der Waals surface area contributed by atoms with Gasteiger partial charge in [-0.05, 0) is 30.7 Å². The van der Waals surface area contributed by atoms with Crippen LogP contribution < -0.4 is 15.0 Å². The predicted octanol–water partition coefficient (Wildman–Crippen LogP) is 4.36. The zero-order valence-corrected chi connectivity index (χ0v) is 14.7. The van der Waals surface area contributed by atoms with E-state index in [9.17, 15) is 4.79 Å². The molecule has 0 bridgehead atoms. The molecular formula is C20H14N2O3S. The van der Waals surface area contributed by atoms with Crippen molar-refractivity contribution in [1.82, 2.24) is 9.97 Å². The molecule has 0 aliphatic carbocycles. The van der Waals surface area contributed by atoms with Crippen LogP contribution in [0.2, 0.25) is 0 Å². The largest absolute Gasteiger partial charge is 0.454 e. The summed E-state index contributed by atoms with van der Waals surface area (Å²) in [6.07, 6.45) is 0. The molecule has 0 fully saturated rings. The second-order valence-corrected chi connectivity index (χ2v) is 7.27. The third-order valence-electron chi connectivity index (χ3n) is 4.45. The van der Waals surface area contributed by atoms with Crippen molar-refractivity contribution in [2.75, 3.05) is 6.79 Å². The SMILES string of the molecule is Cc1sc2nc(-c3ccc4c(c3)OCO4)[nH]c(=O)c2c1-c1ccccc1. The van der Waals surface area contributed by atoms with Crippen molar-refractivity contribution in [2.24, 2.45) is 0 Å². The Hall–Kier alpha value is -3.12. The average molecular weight is 362 g/mol. The van der Waals surface area contributed by atoms with Gasteiger partial charge in [-0.2, -0.15) is 0 Å². The molecule has 2 aromatic carbocycles. The van der Waals surface area contributed by atoms with Gasteiger partial charge < -0.3 is 14.5 Å². The standard InChI is InChI=1S/C20H14N2O3S/c1-11-16(12-5-3-2-4-6-12)17-19(23)21-18(22-20(17)26-11)13-7-8-14-15(9-13)25-10-24-14/h2-9H,10H2,1H3,(H,21,22,23). The van der Waals surface area contributed by atoms with Crippen LogP contribution in [0, 0.1) is 6.92 Å². The number of hydrogen-bond donors (Lipinski definition) is 1. The maximum atomic E-state index is 12.9. The van der Waals surface area contributed by atoms with Gasteiger partial charge in [-0.15, -0.1) is 11.3 Å². The van der Waals surface area contributed by atoms with Crippen molar-refractivity contribution in [3.8, 4) is 34.0 Å². The first-order valence-corrected chi connectivity index (χ1v) is 9.01. The van der Waals surface area contributed by atoms with Gasteiger partial charge in [0.25, 0.3) is 5.56 Å². The van der Waals surface area contributed by atoms with Crippen molar-refractivity contribution < 1.29 is 9.47 Å². The van der Waals surface area contributed by atoms with Gasteiger partial charge in [-0.3, -0.25) is 4.79 Å². The number of nitrogens with zero attached hydrogens (tertiary/aromatic N) is 1. The zero-order valence-electron chi connectivity index (χ0n) is 13.9. The molecule has 5 nitrogen and oxygen atoms in total. The number of rotatable bonds is 2. The van der Waals surface area contributed by atoms with E-state index in [0.29, 0.717) is 22.7 Å². The van der Waals surface area contributed by atoms with Crippen LogP contribution in [0.5, 0.6) is 11.5 Å². The molecule has 0 amide bonds. The summed E-state index contributed by atoms with van der Waals surface area (Å²) in [6, 6.07) is 15.5. The van der Waals surface area contributed by atoms with Crippen LogP contribution in [0.15, 0.2) is 53.3 Å². The molecule has 0 atom stereocenters. The summed E-state index contributed by atoms with van der Waals surface area (Å²) in [4.78, 5) is 22.3. The van der Waals surface area contributed by atoms with Crippen LogP contribution in [0.4, 0.5) is 0 Å². The van der Waals surface area contributed by atoms with E-state index in [4.69, 9.17) is 14.5 Å². The molecule has 0 radical (unpaired) electrons. The second kappa shape index (κ2) is 5.71. The molecule has 5 rings (SSSR count). The normalized spacial score (nSPS) is 12.7. The first kappa shape index (κ1) is 15.2. The van der Waals surface area contributed by atoms with E-state index in [0.717, 1.165) is 26.4 Å². The molecule has 1 N–H and O–H groups in total. The minimum Gasteiger partial charge on any atom is -0.454 e. The molecule has 0 saturated carbocycles. The maximum absolute atomic E-state index is 12.9. The number of nitrogens with one attached hydrogen (secondary N) is 1. The Morgan fingerprint density at radius 1 is 1.04 bits per heavy atom. The summed E-state index contributed by atoms with van der Waals surface area (Å²) in [5.41, 5.74) is 2.64. The molecule has 1 aliphatic rings. The third kappa shape index (κ3) is 2.30. The van der Waals surface area contributed by atoms with Crippen LogP contribution in [0.1, 0.15) is 4.88 Å². The lowest BCUT2D eigenvalue weighted by Gasteiger charge is -2.04. The van der Waals surface area contributed by atoms with Crippen molar-refractivity contribution in [2.45, 2.75) is 6.92 Å². The van der Waals surface area contributed by atoms with Gasteiger partial charge in [0.2, 0.25) is 6.79 Å². The van der Waals surface area contributed by atoms with Crippen LogP contribution in [0.25, 0.3) is 32.7 Å². The number of thiophene rings is 1. The van der Waals surface area contributed by atoms with E-state index in [2.05, 4.69) is 4.98 Å². The van der Waals surface area contributed by atoms with Gasteiger partial charge in [0, 0.05) is 16.0 Å². The van der Waals surface area contributed by atoms with Gasteiger partial charge in [0.05, 0.1) is 5.39 Å². The van der Waals surface area contributed by atoms with E-state index in [1.54, 1.807) is 0 Å². The number of benzene rings is 2. The Morgan fingerprint density at radius 3 is 2.69 bits per heavy atom. The van der Waals surface area contributed by atoms with Gasteiger partial charge >= 0.3 is 0 Å². The van der Waals surface area contributed by atoms with Crippen molar-refractivity contribution in [1.29, 1.82) is 0 Å². The first-order chi connectivity index (χ1) is 12.7. The van der Waals surface area contributed by atoms with Crippen LogP contribution in [-0.4, -0.2) is 16.8 Å². The molecule has 0 spiro atoms. The number of aromatic amines is 1. The maximum Gasteiger partial charge on any atom is 0.260 e. The van der Waals surface area contributed by atoms with E-state index in [-0.39, 0.29) is 12.4 Å². The molecule has 0 saturated heterocycles. The summed E-state index contributed by atoms with van der Waals surface area (Å²) in [5, 5.41) is 0.642. The lowest BCUT2D eigenvalue weighted by atomic mass is 10.0. The Morgan fingerprint density at radius 2 is 1.85 bits per heavy atom. The summed E-state index contributed by atoms with van der Waals surface area (Å²) in [7, 11) is 0. The summed E-state index contributed by atoms with van der Waals surface area (Å²) in [5.74, 6) is 1.90. The van der Waals surface area contributed by atoms with Gasteiger partial charge in [0.1, 0.15) is 10.7 Å². The Kier molecular flexibility index (Phi) is 3.33. The number of aromatic nitrogens is 2. The van der Waals surface area contributed by atoms with Crippen molar-refractivity contribution in [3.63, 3.8) is 0 Å². The average Bonchev–Trinajstić information content (AvgIpc) is 3.25. The molecular weight excluding hydrogens is 348 g/mol. The fraction of sp³-hybridized carbons (Fsp3) is 0.100. The lowest BCUT2D eigenvalue weighted by molar-refractivity contribution is 0.174. The Labute approximate surface area is 152 Å².